The molecule has 0 bridgehead atoms. The number of carboxylic acid groups (broad SMARTS) is 1. The van der Waals surface area contributed by atoms with Crippen LogP contribution >= 0.6 is 0 Å². The molecule has 0 radical (unpaired) electrons. The minimum atomic E-state index is -0.873. The number of carbonyl (C=O) groups excluding carboxylic acids is 1. The lowest BCUT2D eigenvalue weighted by Gasteiger charge is -2.19. The number of nitrogens with one attached hydrogen (secondary N) is 1. The molecule has 1 aliphatic carbocycles. The molecule has 1 aliphatic rings. The van der Waals surface area contributed by atoms with Gasteiger partial charge in [-0.25, -0.2) is 0 Å². The molecule has 104 valence electrons. The van der Waals surface area contributed by atoms with Crippen molar-refractivity contribution in [2.45, 2.75) is 45.6 Å². The SMILES string of the molecule is CC1CC(C(=O)O)C(C(=O)NC(C)CCCO)C1. The van der Waals surface area contributed by atoms with Crippen LogP contribution in [-0.4, -0.2) is 34.7 Å². The van der Waals surface area contributed by atoms with Crippen LogP contribution < -0.4 is 5.32 Å². The van der Waals surface area contributed by atoms with Crippen molar-refractivity contribution in [3.8, 4) is 0 Å². The predicted molar refractivity (Wildman–Crippen MR) is 66.9 cm³/mol. The number of aliphatic hydroxyl groups excluding tert-OH is 1. The zero-order valence-corrected chi connectivity index (χ0v) is 11.1. The number of rotatable bonds is 6. The maximum absolute atomic E-state index is 12.0. The lowest BCUT2D eigenvalue weighted by atomic mass is 9.95. The molecule has 0 aromatic heterocycles. The Kier molecular flexibility index (Phi) is 5.59. The van der Waals surface area contributed by atoms with Gasteiger partial charge in [0.15, 0.2) is 0 Å². The topological polar surface area (TPSA) is 86.6 Å². The molecule has 5 heteroatoms. The fourth-order valence-corrected chi connectivity index (χ4v) is 2.67. The molecule has 4 atom stereocenters. The lowest BCUT2D eigenvalue weighted by Crippen LogP contribution is -2.40. The van der Waals surface area contributed by atoms with Crippen LogP contribution in [0.2, 0.25) is 0 Å². The second-order valence-electron chi connectivity index (χ2n) is 5.40. The third-order valence-electron chi connectivity index (χ3n) is 3.64. The minimum absolute atomic E-state index is 0.0185. The fraction of sp³-hybridized carbons (Fsp3) is 0.846. The largest absolute Gasteiger partial charge is 0.481 e. The van der Waals surface area contributed by atoms with Crippen LogP contribution in [0.25, 0.3) is 0 Å². The Labute approximate surface area is 108 Å². The molecule has 3 N–H and O–H groups in total. The smallest absolute Gasteiger partial charge is 0.307 e. The van der Waals surface area contributed by atoms with E-state index in [0.29, 0.717) is 25.7 Å². The van der Waals surface area contributed by atoms with Crippen molar-refractivity contribution in [1.29, 1.82) is 0 Å². The van der Waals surface area contributed by atoms with Crippen LogP contribution in [0.5, 0.6) is 0 Å². The molecule has 4 unspecified atom stereocenters. The van der Waals surface area contributed by atoms with Gasteiger partial charge in [0.2, 0.25) is 5.91 Å². The number of amides is 1. The lowest BCUT2D eigenvalue weighted by molar-refractivity contribution is -0.146. The van der Waals surface area contributed by atoms with Crippen LogP contribution in [0, 0.1) is 17.8 Å². The minimum Gasteiger partial charge on any atom is -0.481 e. The van der Waals surface area contributed by atoms with E-state index in [1.54, 1.807) is 0 Å². The van der Waals surface area contributed by atoms with E-state index in [4.69, 9.17) is 10.2 Å². The average Bonchev–Trinajstić information content (AvgIpc) is 2.69. The number of hydrogen-bond donors (Lipinski definition) is 3. The molecular weight excluding hydrogens is 234 g/mol. The van der Waals surface area contributed by atoms with Crippen LogP contribution in [0.4, 0.5) is 0 Å². The van der Waals surface area contributed by atoms with Crippen molar-refractivity contribution >= 4 is 11.9 Å². The van der Waals surface area contributed by atoms with Crippen molar-refractivity contribution in [2.24, 2.45) is 17.8 Å². The zero-order chi connectivity index (χ0) is 13.7. The zero-order valence-electron chi connectivity index (χ0n) is 11.1. The Morgan fingerprint density at radius 2 is 1.94 bits per heavy atom. The van der Waals surface area contributed by atoms with Crippen molar-refractivity contribution < 1.29 is 19.8 Å². The summed E-state index contributed by atoms with van der Waals surface area (Å²) in [6.45, 7) is 3.97. The third kappa shape index (κ3) is 3.98. The molecule has 18 heavy (non-hydrogen) atoms. The summed E-state index contributed by atoms with van der Waals surface area (Å²) in [5.74, 6) is -1.70. The average molecular weight is 257 g/mol. The van der Waals surface area contributed by atoms with Gasteiger partial charge in [-0.2, -0.15) is 0 Å². The van der Waals surface area contributed by atoms with Crippen molar-refractivity contribution in [3.05, 3.63) is 0 Å². The summed E-state index contributed by atoms with van der Waals surface area (Å²) in [7, 11) is 0. The van der Waals surface area contributed by atoms with Gasteiger partial charge in [0, 0.05) is 12.6 Å². The molecule has 0 aromatic rings. The third-order valence-corrected chi connectivity index (χ3v) is 3.64. The van der Waals surface area contributed by atoms with Gasteiger partial charge in [0.05, 0.1) is 11.8 Å². The number of aliphatic hydroxyl groups is 1. The summed E-state index contributed by atoms with van der Waals surface area (Å²) in [4.78, 5) is 23.1. The molecule has 1 fully saturated rings. The molecule has 0 saturated heterocycles. The van der Waals surface area contributed by atoms with Crippen LogP contribution in [-0.2, 0) is 9.59 Å². The van der Waals surface area contributed by atoms with Gasteiger partial charge in [-0.15, -0.1) is 0 Å². The van der Waals surface area contributed by atoms with Crippen LogP contribution in [0.3, 0.4) is 0 Å². The monoisotopic (exact) mass is 257 g/mol. The molecule has 0 aromatic carbocycles. The van der Waals surface area contributed by atoms with Gasteiger partial charge in [-0.1, -0.05) is 6.92 Å². The predicted octanol–water partition coefficient (Wildman–Crippen LogP) is 1.01. The van der Waals surface area contributed by atoms with Crippen molar-refractivity contribution in [2.75, 3.05) is 6.61 Å². The van der Waals surface area contributed by atoms with E-state index < -0.39 is 17.8 Å². The molecule has 0 spiro atoms. The maximum Gasteiger partial charge on any atom is 0.307 e. The summed E-state index contributed by atoms with van der Waals surface area (Å²) in [6.07, 6.45) is 2.58. The summed E-state index contributed by atoms with van der Waals surface area (Å²) < 4.78 is 0. The highest BCUT2D eigenvalue weighted by Crippen LogP contribution is 2.36. The van der Waals surface area contributed by atoms with Crippen LogP contribution in [0.1, 0.15) is 39.5 Å². The van der Waals surface area contributed by atoms with E-state index in [2.05, 4.69) is 5.32 Å². The maximum atomic E-state index is 12.0. The summed E-state index contributed by atoms with van der Waals surface area (Å²) in [6, 6.07) is -0.0185. The first-order valence-electron chi connectivity index (χ1n) is 6.59. The van der Waals surface area contributed by atoms with Gasteiger partial charge in [0.1, 0.15) is 0 Å². The highest BCUT2D eigenvalue weighted by atomic mass is 16.4. The number of carboxylic acids is 1. The van der Waals surface area contributed by atoms with Gasteiger partial charge in [0.25, 0.3) is 0 Å². The van der Waals surface area contributed by atoms with E-state index in [-0.39, 0.29) is 24.5 Å². The second kappa shape index (κ2) is 6.73. The van der Waals surface area contributed by atoms with Gasteiger partial charge in [-0.3, -0.25) is 9.59 Å². The van der Waals surface area contributed by atoms with E-state index in [1.807, 2.05) is 13.8 Å². The first-order chi connectivity index (χ1) is 8.45. The van der Waals surface area contributed by atoms with E-state index in [0.717, 1.165) is 0 Å². The van der Waals surface area contributed by atoms with Crippen molar-refractivity contribution in [1.82, 2.24) is 5.32 Å². The van der Waals surface area contributed by atoms with Crippen molar-refractivity contribution in [3.63, 3.8) is 0 Å². The number of aliphatic carboxylic acids is 1. The summed E-state index contributed by atoms with van der Waals surface area (Å²) >= 11 is 0. The normalized spacial score (nSPS) is 28.9. The van der Waals surface area contributed by atoms with Gasteiger partial charge in [-0.05, 0) is 38.5 Å². The molecule has 1 amide bonds. The molecular formula is C13H23NO4. The molecule has 1 saturated carbocycles. The van der Waals surface area contributed by atoms with E-state index >= 15 is 0 Å². The standard InChI is InChI=1S/C13H23NO4/c1-8-6-10(11(7-8)13(17)18)12(16)14-9(2)4-3-5-15/h8-11,15H,3-7H2,1-2H3,(H,14,16)(H,17,18). The van der Waals surface area contributed by atoms with E-state index in [1.165, 1.54) is 0 Å². The molecule has 0 heterocycles. The number of hydrogen-bond acceptors (Lipinski definition) is 3. The second-order valence-corrected chi connectivity index (χ2v) is 5.40. The van der Waals surface area contributed by atoms with Gasteiger partial charge < -0.3 is 15.5 Å². The molecule has 0 aliphatic heterocycles. The Hall–Kier alpha value is -1.10. The number of carbonyl (C=O) groups is 2. The Bertz CT molecular complexity index is 305. The van der Waals surface area contributed by atoms with Crippen LogP contribution in [0.15, 0.2) is 0 Å². The van der Waals surface area contributed by atoms with Gasteiger partial charge >= 0.3 is 5.97 Å². The summed E-state index contributed by atoms with van der Waals surface area (Å²) in [5, 5.41) is 20.7. The highest BCUT2D eigenvalue weighted by Gasteiger charge is 2.41. The Balaban J connectivity index is 2.52. The highest BCUT2D eigenvalue weighted by molar-refractivity contribution is 5.85. The first-order valence-corrected chi connectivity index (χ1v) is 6.59. The Morgan fingerprint density at radius 3 is 2.50 bits per heavy atom. The molecule has 1 rings (SSSR count). The first kappa shape index (κ1) is 15.0. The quantitative estimate of drug-likeness (QED) is 0.663. The Morgan fingerprint density at radius 1 is 1.33 bits per heavy atom. The fourth-order valence-electron chi connectivity index (χ4n) is 2.67. The van der Waals surface area contributed by atoms with E-state index in [9.17, 15) is 9.59 Å². The molecule has 5 nitrogen and oxygen atoms in total. The summed E-state index contributed by atoms with van der Waals surface area (Å²) in [5.41, 5.74) is 0.